The number of hydrogen-bond acceptors (Lipinski definition) is 3. The van der Waals surface area contributed by atoms with Crippen molar-refractivity contribution in [2.75, 3.05) is 12.3 Å². The number of hydrogen-bond donors (Lipinski definition) is 3. The Hall–Kier alpha value is -1.49. The van der Waals surface area contributed by atoms with Crippen LogP contribution in [-0.4, -0.2) is 24.1 Å². The minimum atomic E-state index is -0.0484. The van der Waals surface area contributed by atoms with E-state index in [1.807, 2.05) is 37.3 Å². The zero-order valence-electron chi connectivity index (χ0n) is 12.5. The van der Waals surface area contributed by atoms with Crippen LogP contribution < -0.4 is 10.6 Å². The predicted molar refractivity (Wildman–Crippen MR) is 88.3 cm³/mol. The quantitative estimate of drug-likeness (QED) is 0.485. The Morgan fingerprint density at radius 1 is 1.10 bits per heavy atom. The number of thiol groups is 1. The summed E-state index contributed by atoms with van der Waals surface area (Å²) in [7, 11) is 0. The van der Waals surface area contributed by atoms with Crippen molar-refractivity contribution in [1.29, 1.82) is 0 Å². The van der Waals surface area contributed by atoms with Crippen LogP contribution in [-0.2, 0) is 9.59 Å². The summed E-state index contributed by atoms with van der Waals surface area (Å²) < 4.78 is 0. The summed E-state index contributed by atoms with van der Waals surface area (Å²) in [4.78, 5) is 22.8. The number of benzene rings is 1. The molecule has 0 saturated heterocycles. The van der Waals surface area contributed by atoms with E-state index in [-0.39, 0.29) is 23.6 Å². The summed E-state index contributed by atoms with van der Waals surface area (Å²) in [5.74, 6) is 0.248. The van der Waals surface area contributed by atoms with E-state index >= 15 is 0 Å². The van der Waals surface area contributed by atoms with Crippen molar-refractivity contribution in [3.8, 4) is 0 Å². The molecule has 1 rings (SSSR count). The van der Waals surface area contributed by atoms with Crippen molar-refractivity contribution in [2.24, 2.45) is 0 Å². The number of carbonyl (C=O) groups is 2. The average Bonchev–Trinajstić information content (AvgIpc) is 2.51. The van der Waals surface area contributed by atoms with Crippen LogP contribution in [0.15, 0.2) is 30.3 Å². The number of nitrogens with one attached hydrogen (secondary N) is 2. The lowest BCUT2D eigenvalue weighted by molar-refractivity contribution is -0.122. The van der Waals surface area contributed by atoms with Crippen LogP contribution in [0.5, 0.6) is 0 Å². The lowest BCUT2D eigenvalue weighted by Gasteiger charge is -2.14. The predicted octanol–water partition coefficient (Wildman–Crippen LogP) is 2.47. The average molecular weight is 308 g/mol. The third-order valence-corrected chi connectivity index (χ3v) is 3.51. The fourth-order valence-electron chi connectivity index (χ4n) is 2.01. The van der Waals surface area contributed by atoms with Crippen LogP contribution in [0.3, 0.4) is 0 Å². The van der Waals surface area contributed by atoms with Crippen LogP contribution in [0.25, 0.3) is 0 Å². The van der Waals surface area contributed by atoms with E-state index in [1.54, 1.807) is 0 Å². The largest absolute Gasteiger partial charge is 0.355 e. The van der Waals surface area contributed by atoms with Crippen molar-refractivity contribution in [3.05, 3.63) is 35.9 Å². The maximum absolute atomic E-state index is 11.8. The molecule has 2 N–H and O–H groups in total. The third-order valence-electron chi connectivity index (χ3n) is 3.22. The molecule has 21 heavy (non-hydrogen) atoms. The molecule has 0 aliphatic carbocycles. The highest BCUT2D eigenvalue weighted by atomic mass is 32.1. The molecule has 0 radical (unpaired) electrons. The standard InChI is InChI=1S/C16H24N2O2S/c1-13(14-8-4-2-5-9-14)18-15(19)10-6-3-7-11-17-16(20)12-21/h2,4-5,8-9,13,21H,3,6-7,10-12H2,1H3,(H,17,20)(H,18,19)/t13-/m1/s1. The van der Waals surface area contributed by atoms with E-state index in [1.165, 1.54) is 0 Å². The Kier molecular flexibility index (Phi) is 8.59. The molecule has 0 bridgehead atoms. The Bertz CT molecular complexity index is 437. The topological polar surface area (TPSA) is 58.2 Å². The molecule has 0 spiro atoms. The highest BCUT2D eigenvalue weighted by Gasteiger charge is 2.08. The maximum atomic E-state index is 11.8. The highest BCUT2D eigenvalue weighted by Crippen LogP contribution is 2.11. The van der Waals surface area contributed by atoms with E-state index in [4.69, 9.17) is 0 Å². The molecule has 4 nitrogen and oxygen atoms in total. The van der Waals surface area contributed by atoms with Crippen LogP contribution in [0, 0.1) is 0 Å². The molecule has 0 aromatic heterocycles. The van der Waals surface area contributed by atoms with Gasteiger partial charge in [0, 0.05) is 13.0 Å². The van der Waals surface area contributed by atoms with E-state index in [0.29, 0.717) is 13.0 Å². The summed E-state index contributed by atoms with van der Waals surface area (Å²) >= 11 is 3.88. The number of carbonyl (C=O) groups excluding carboxylic acids is 2. The summed E-state index contributed by atoms with van der Waals surface area (Å²) in [5, 5.41) is 5.75. The molecule has 0 saturated carbocycles. The minimum Gasteiger partial charge on any atom is -0.355 e. The van der Waals surface area contributed by atoms with Gasteiger partial charge in [0.1, 0.15) is 0 Å². The van der Waals surface area contributed by atoms with E-state index in [9.17, 15) is 9.59 Å². The minimum absolute atomic E-state index is 0.0355. The van der Waals surface area contributed by atoms with Gasteiger partial charge in [0.25, 0.3) is 0 Å². The molecule has 116 valence electrons. The van der Waals surface area contributed by atoms with Crippen molar-refractivity contribution >= 4 is 24.4 Å². The molecule has 1 aromatic carbocycles. The first-order valence-corrected chi connectivity index (χ1v) is 7.98. The molecule has 5 heteroatoms. The van der Waals surface area contributed by atoms with Crippen molar-refractivity contribution in [1.82, 2.24) is 10.6 Å². The molecule has 1 aromatic rings. The lowest BCUT2D eigenvalue weighted by Crippen LogP contribution is -2.26. The van der Waals surface area contributed by atoms with Crippen molar-refractivity contribution in [3.63, 3.8) is 0 Å². The number of rotatable bonds is 9. The maximum Gasteiger partial charge on any atom is 0.229 e. The molecule has 0 aliphatic rings. The van der Waals surface area contributed by atoms with Gasteiger partial charge >= 0.3 is 0 Å². The second-order valence-electron chi connectivity index (χ2n) is 5.02. The summed E-state index contributed by atoms with van der Waals surface area (Å²) in [6, 6.07) is 9.96. The Balaban J connectivity index is 2.10. The zero-order chi connectivity index (χ0) is 15.5. The second kappa shape index (κ2) is 10.3. The Labute approximate surface area is 132 Å². The normalized spacial score (nSPS) is 11.7. The first-order chi connectivity index (χ1) is 10.1. The third kappa shape index (κ3) is 7.75. The zero-order valence-corrected chi connectivity index (χ0v) is 13.4. The van der Waals surface area contributed by atoms with Gasteiger partial charge in [-0.2, -0.15) is 12.6 Å². The van der Waals surface area contributed by atoms with Crippen LogP contribution in [0.4, 0.5) is 0 Å². The number of unbranched alkanes of at least 4 members (excludes halogenated alkanes) is 2. The molecular formula is C16H24N2O2S. The van der Waals surface area contributed by atoms with Gasteiger partial charge in [-0.1, -0.05) is 36.8 Å². The molecule has 0 aliphatic heterocycles. The summed E-state index contributed by atoms with van der Waals surface area (Å²) in [5.41, 5.74) is 1.11. The second-order valence-corrected chi connectivity index (χ2v) is 5.33. The highest BCUT2D eigenvalue weighted by molar-refractivity contribution is 7.81. The van der Waals surface area contributed by atoms with Gasteiger partial charge in [-0.05, 0) is 25.3 Å². The monoisotopic (exact) mass is 308 g/mol. The lowest BCUT2D eigenvalue weighted by atomic mass is 10.1. The summed E-state index contributed by atoms with van der Waals surface area (Å²) in [6.07, 6.45) is 3.18. The number of amides is 2. The Morgan fingerprint density at radius 2 is 1.81 bits per heavy atom. The smallest absolute Gasteiger partial charge is 0.229 e. The molecule has 0 fully saturated rings. The summed E-state index contributed by atoms with van der Waals surface area (Å²) in [6.45, 7) is 2.64. The molecule has 1 atom stereocenters. The van der Waals surface area contributed by atoms with Crippen LogP contribution in [0.2, 0.25) is 0 Å². The van der Waals surface area contributed by atoms with Crippen LogP contribution >= 0.6 is 12.6 Å². The van der Waals surface area contributed by atoms with Crippen molar-refractivity contribution < 1.29 is 9.59 Å². The van der Waals surface area contributed by atoms with Crippen molar-refractivity contribution in [2.45, 2.75) is 38.6 Å². The van der Waals surface area contributed by atoms with E-state index < -0.39 is 0 Å². The van der Waals surface area contributed by atoms with Gasteiger partial charge in [-0.15, -0.1) is 0 Å². The first-order valence-electron chi connectivity index (χ1n) is 7.35. The Morgan fingerprint density at radius 3 is 2.48 bits per heavy atom. The SMILES string of the molecule is C[C@@H](NC(=O)CCCCCNC(=O)CS)c1ccccc1. The van der Waals surface area contributed by atoms with Gasteiger partial charge in [-0.25, -0.2) is 0 Å². The van der Waals surface area contributed by atoms with Gasteiger partial charge < -0.3 is 10.6 Å². The first kappa shape index (κ1) is 17.6. The fraction of sp³-hybridized carbons (Fsp3) is 0.500. The van der Waals surface area contributed by atoms with Gasteiger partial charge in [0.15, 0.2) is 0 Å². The molecular weight excluding hydrogens is 284 g/mol. The van der Waals surface area contributed by atoms with E-state index in [2.05, 4.69) is 23.3 Å². The van der Waals surface area contributed by atoms with Gasteiger partial charge in [0.2, 0.25) is 11.8 Å². The van der Waals surface area contributed by atoms with Gasteiger partial charge in [0.05, 0.1) is 11.8 Å². The van der Waals surface area contributed by atoms with Gasteiger partial charge in [-0.3, -0.25) is 9.59 Å². The molecule has 0 heterocycles. The fourth-order valence-corrected chi connectivity index (χ4v) is 2.12. The molecule has 0 unspecified atom stereocenters. The molecule has 2 amide bonds. The van der Waals surface area contributed by atoms with Crippen LogP contribution in [0.1, 0.15) is 44.2 Å². The van der Waals surface area contributed by atoms with E-state index in [0.717, 1.165) is 24.8 Å².